The van der Waals surface area contributed by atoms with Crippen molar-refractivity contribution >= 4 is 17.7 Å². The van der Waals surface area contributed by atoms with Gasteiger partial charge in [0.2, 0.25) is 17.7 Å². The molecule has 0 saturated carbocycles. The summed E-state index contributed by atoms with van der Waals surface area (Å²) in [5.41, 5.74) is 5.45. The number of nitrogens with one attached hydrogen (secondary N) is 1. The summed E-state index contributed by atoms with van der Waals surface area (Å²) in [7, 11) is 1.51. The number of rotatable bonds is 14. The molecule has 158 valence electrons. The Hall–Kier alpha value is -1.67. The zero-order chi connectivity index (χ0) is 21.0. The lowest BCUT2D eigenvalue weighted by Crippen LogP contribution is -2.54. The van der Waals surface area contributed by atoms with Crippen molar-refractivity contribution in [1.82, 2.24) is 10.2 Å². The zero-order valence-electron chi connectivity index (χ0n) is 17.1. The monoisotopic (exact) mass is 387 g/mol. The fourth-order valence-electron chi connectivity index (χ4n) is 2.95. The second-order valence-electron chi connectivity index (χ2n) is 7.63. The summed E-state index contributed by atoms with van der Waals surface area (Å²) in [5, 5.41) is 21.8. The maximum Gasteiger partial charge on any atom is 0.245 e. The maximum atomic E-state index is 12.2. The number of nitrogens with zero attached hydrogens (tertiary/aromatic N) is 1. The third-order valence-electron chi connectivity index (χ3n) is 4.64. The number of aliphatic hydroxyl groups excluding tert-OH is 2. The molecule has 0 rings (SSSR count). The van der Waals surface area contributed by atoms with Crippen LogP contribution in [0.1, 0.15) is 59.3 Å². The van der Waals surface area contributed by atoms with Gasteiger partial charge in [-0.25, -0.2) is 0 Å². The number of amides is 3. The van der Waals surface area contributed by atoms with Gasteiger partial charge in [0.25, 0.3) is 0 Å². The molecule has 27 heavy (non-hydrogen) atoms. The van der Waals surface area contributed by atoms with Crippen LogP contribution in [-0.2, 0) is 14.4 Å². The first-order chi connectivity index (χ1) is 12.6. The highest BCUT2D eigenvalue weighted by Crippen LogP contribution is 2.20. The van der Waals surface area contributed by atoms with Crippen LogP contribution in [0.3, 0.4) is 0 Å². The standard InChI is InChI=1S/C19H37N3O5/c1-13(2)11-16(25)22(4)17(19(20)27)18(26)14(3)9-7-5-6-8-10-21-15(24)12-23/h13-14,17-18,23,26H,5-12H2,1-4H3,(H2,20,27)(H,21,24)/t14-,17?,18-/m1/s1. The normalized spacial score (nSPS) is 14.5. The second-order valence-corrected chi connectivity index (χ2v) is 7.63. The highest BCUT2D eigenvalue weighted by molar-refractivity contribution is 5.87. The van der Waals surface area contributed by atoms with Crippen LogP contribution >= 0.6 is 0 Å². The van der Waals surface area contributed by atoms with E-state index in [4.69, 9.17) is 10.8 Å². The number of primary amides is 1. The average Bonchev–Trinajstić information content (AvgIpc) is 2.59. The van der Waals surface area contributed by atoms with Gasteiger partial charge in [-0.3, -0.25) is 14.4 Å². The topological polar surface area (TPSA) is 133 Å². The first kappa shape index (κ1) is 25.3. The predicted octanol–water partition coefficient (Wildman–Crippen LogP) is 0.401. The lowest BCUT2D eigenvalue weighted by atomic mass is 9.91. The van der Waals surface area contributed by atoms with E-state index in [-0.39, 0.29) is 23.7 Å². The summed E-state index contributed by atoms with van der Waals surface area (Å²) in [6, 6.07) is -1.03. The Morgan fingerprint density at radius 2 is 1.67 bits per heavy atom. The molecule has 0 bridgehead atoms. The summed E-state index contributed by atoms with van der Waals surface area (Å²) < 4.78 is 0. The minimum absolute atomic E-state index is 0.158. The van der Waals surface area contributed by atoms with Crippen LogP contribution < -0.4 is 11.1 Å². The fraction of sp³-hybridized carbons (Fsp3) is 0.842. The van der Waals surface area contributed by atoms with E-state index < -0.39 is 24.7 Å². The van der Waals surface area contributed by atoms with Crippen LogP contribution in [-0.4, -0.2) is 65.2 Å². The van der Waals surface area contributed by atoms with Crippen molar-refractivity contribution in [1.29, 1.82) is 0 Å². The van der Waals surface area contributed by atoms with Crippen LogP contribution in [0.5, 0.6) is 0 Å². The lowest BCUT2D eigenvalue weighted by molar-refractivity contribution is -0.143. The minimum atomic E-state index is -1.03. The minimum Gasteiger partial charge on any atom is -0.390 e. The summed E-state index contributed by atoms with van der Waals surface area (Å²) >= 11 is 0. The molecule has 0 aliphatic heterocycles. The molecule has 8 nitrogen and oxygen atoms in total. The number of aliphatic hydroxyl groups is 2. The third-order valence-corrected chi connectivity index (χ3v) is 4.64. The summed E-state index contributed by atoms with van der Waals surface area (Å²) in [6.45, 7) is 5.72. The zero-order valence-corrected chi connectivity index (χ0v) is 17.1. The SMILES string of the molecule is CC(C)CC(=O)N(C)C(C(N)=O)[C@H](O)[C@H](C)CCCCCCNC(=O)CO. The molecule has 3 atom stereocenters. The molecule has 0 spiro atoms. The summed E-state index contributed by atoms with van der Waals surface area (Å²) in [5.74, 6) is -1.30. The lowest BCUT2D eigenvalue weighted by Gasteiger charge is -2.33. The molecule has 0 aromatic heterocycles. The molecule has 0 heterocycles. The van der Waals surface area contributed by atoms with E-state index in [1.165, 1.54) is 11.9 Å². The van der Waals surface area contributed by atoms with Gasteiger partial charge in [0.1, 0.15) is 12.6 Å². The van der Waals surface area contributed by atoms with Crippen LogP contribution in [0.25, 0.3) is 0 Å². The molecule has 0 aromatic rings. The van der Waals surface area contributed by atoms with E-state index in [0.717, 1.165) is 25.7 Å². The Morgan fingerprint density at radius 3 is 2.19 bits per heavy atom. The number of hydrogen-bond donors (Lipinski definition) is 4. The molecule has 0 fully saturated rings. The number of hydrogen-bond acceptors (Lipinski definition) is 5. The van der Waals surface area contributed by atoms with E-state index >= 15 is 0 Å². The van der Waals surface area contributed by atoms with Crippen molar-refractivity contribution < 1.29 is 24.6 Å². The Bertz CT molecular complexity index is 470. The van der Waals surface area contributed by atoms with Crippen LogP contribution in [0.4, 0.5) is 0 Å². The van der Waals surface area contributed by atoms with Gasteiger partial charge in [-0.1, -0.05) is 40.0 Å². The molecular weight excluding hydrogens is 350 g/mol. The van der Waals surface area contributed by atoms with Gasteiger partial charge in [0, 0.05) is 20.0 Å². The molecule has 0 radical (unpaired) electrons. The molecule has 3 amide bonds. The van der Waals surface area contributed by atoms with Crippen molar-refractivity contribution in [3.8, 4) is 0 Å². The molecule has 0 aliphatic carbocycles. The second kappa shape index (κ2) is 13.5. The van der Waals surface area contributed by atoms with Gasteiger partial charge in [-0.2, -0.15) is 0 Å². The first-order valence-electron chi connectivity index (χ1n) is 9.72. The number of unbranched alkanes of at least 4 members (excludes halogenated alkanes) is 3. The van der Waals surface area contributed by atoms with Gasteiger partial charge in [0.05, 0.1) is 6.10 Å². The molecule has 5 N–H and O–H groups in total. The highest BCUT2D eigenvalue weighted by atomic mass is 16.3. The van der Waals surface area contributed by atoms with Crippen molar-refractivity contribution in [3.05, 3.63) is 0 Å². The van der Waals surface area contributed by atoms with Crippen molar-refractivity contribution in [3.63, 3.8) is 0 Å². The van der Waals surface area contributed by atoms with Crippen LogP contribution in [0.15, 0.2) is 0 Å². The van der Waals surface area contributed by atoms with Gasteiger partial charge in [-0.05, 0) is 24.7 Å². The van der Waals surface area contributed by atoms with Crippen molar-refractivity contribution in [2.75, 3.05) is 20.2 Å². The molecule has 0 aromatic carbocycles. The third kappa shape index (κ3) is 10.3. The van der Waals surface area contributed by atoms with E-state index in [0.29, 0.717) is 19.4 Å². The molecular formula is C19H37N3O5. The molecule has 8 heteroatoms. The Balaban J connectivity index is 4.36. The Labute approximate surface area is 162 Å². The van der Waals surface area contributed by atoms with E-state index in [2.05, 4.69) is 5.32 Å². The number of carbonyl (C=O) groups is 3. The Kier molecular flexibility index (Phi) is 12.7. The van der Waals surface area contributed by atoms with Crippen molar-refractivity contribution in [2.45, 2.75) is 71.4 Å². The van der Waals surface area contributed by atoms with E-state index in [1.807, 2.05) is 20.8 Å². The maximum absolute atomic E-state index is 12.2. The largest absolute Gasteiger partial charge is 0.390 e. The average molecular weight is 388 g/mol. The number of carbonyl (C=O) groups excluding carboxylic acids is 3. The van der Waals surface area contributed by atoms with Crippen LogP contribution in [0.2, 0.25) is 0 Å². The van der Waals surface area contributed by atoms with Gasteiger partial charge in [0.15, 0.2) is 0 Å². The number of nitrogens with two attached hydrogens (primary N) is 1. The predicted molar refractivity (Wildman–Crippen MR) is 104 cm³/mol. The van der Waals surface area contributed by atoms with Gasteiger partial charge >= 0.3 is 0 Å². The summed E-state index contributed by atoms with van der Waals surface area (Å²) in [6.07, 6.45) is 3.53. The molecule has 1 unspecified atom stereocenters. The highest BCUT2D eigenvalue weighted by Gasteiger charge is 2.34. The Morgan fingerprint density at radius 1 is 1.07 bits per heavy atom. The first-order valence-corrected chi connectivity index (χ1v) is 9.72. The molecule has 0 saturated heterocycles. The van der Waals surface area contributed by atoms with E-state index in [9.17, 15) is 19.5 Å². The van der Waals surface area contributed by atoms with Gasteiger partial charge in [-0.15, -0.1) is 0 Å². The van der Waals surface area contributed by atoms with Crippen molar-refractivity contribution in [2.24, 2.45) is 17.6 Å². The van der Waals surface area contributed by atoms with Gasteiger partial charge < -0.3 is 26.2 Å². The van der Waals surface area contributed by atoms with E-state index in [1.54, 1.807) is 0 Å². The smallest absolute Gasteiger partial charge is 0.245 e. The number of likely N-dealkylation sites (N-methyl/N-ethyl adjacent to an activating group) is 1. The van der Waals surface area contributed by atoms with Crippen LogP contribution in [0, 0.1) is 11.8 Å². The molecule has 0 aliphatic rings. The quantitative estimate of drug-likeness (QED) is 0.320. The summed E-state index contributed by atoms with van der Waals surface area (Å²) in [4.78, 5) is 36.2. The fourth-order valence-corrected chi connectivity index (χ4v) is 2.95.